The molecule has 1 aliphatic heterocycles. The first-order valence-electron chi connectivity index (χ1n) is 4.12. The van der Waals surface area contributed by atoms with Crippen molar-refractivity contribution in [2.24, 2.45) is 0 Å². The van der Waals surface area contributed by atoms with Crippen LogP contribution >= 0.6 is 23.2 Å². The van der Waals surface area contributed by atoms with Gasteiger partial charge in [-0.3, -0.25) is 4.21 Å². The molecule has 1 aromatic carbocycles. The van der Waals surface area contributed by atoms with Crippen LogP contribution in [0, 0.1) is 0 Å². The average Bonchev–Trinajstić information content (AvgIpc) is 2.87. The summed E-state index contributed by atoms with van der Waals surface area (Å²) >= 11 is 11.6. The molecule has 5 heteroatoms. The maximum Gasteiger partial charge on any atom is 0.0928 e. The number of epoxide rings is 1. The van der Waals surface area contributed by atoms with E-state index in [1.54, 1.807) is 18.2 Å². The van der Waals surface area contributed by atoms with Crippen LogP contribution in [0.3, 0.4) is 0 Å². The Balaban J connectivity index is 2.17. The highest BCUT2D eigenvalue weighted by Gasteiger charge is 2.26. The summed E-state index contributed by atoms with van der Waals surface area (Å²) < 4.78 is 16.7. The predicted octanol–water partition coefficient (Wildman–Crippen LogP) is 2.50. The Hall–Kier alpha value is -0.0900. The number of hydrogen-bond acceptors (Lipinski definition) is 2. The van der Waals surface area contributed by atoms with Gasteiger partial charge in [0.05, 0.1) is 39.2 Å². The molecule has 1 saturated heterocycles. The van der Waals surface area contributed by atoms with E-state index < -0.39 is 10.8 Å². The molecular formula is C9H8Cl2O2S. The summed E-state index contributed by atoms with van der Waals surface area (Å²) in [6.45, 7) is 0.705. The van der Waals surface area contributed by atoms with Gasteiger partial charge in [-0.05, 0) is 18.2 Å². The first-order chi connectivity index (χ1) is 6.66. The van der Waals surface area contributed by atoms with Crippen molar-refractivity contribution in [1.82, 2.24) is 0 Å². The third-order valence-corrected chi connectivity index (χ3v) is 4.06. The third-order valence-electron chi connectivity index (χ3n) is 1.88. The molecule has 2 nitrogen and oxygen atoms in total. The fourth-order valence-electron chi connectivity index (χ4n) is 1.08. The molecule has 0 amide bonds. The molecule has 2 rings (SSSR count). The molecule has 1 unspecified atom stereocenters. The van der Waals surface area contributed by atoms with Crippen LogP contribution in [0.4, 0.5) is 0 Å². The Kier molecular flexibility index (Phi) is 3.12. The maximum absolute atomic E-state index is 11.7. The third kappa shape index (κ3) is 2.48. The smallest absolute Gasteiger partial charge is 0.0928 e. The molecule has 1 heterocycles. The second-order valence-electron chi connectivity index (χ2n) is 3.04. The lowest BCUT2D eigenvalue weighted by atomic mass is 10.4. The van der Waals surface area contributed by atoms with Gasteiger partial charge in [0.25, 0.3) is 0 Å². The predicted molar refractivity (Wildman–Crippen MR) is 57.5 cm³/mol. The molecule has 0 spiro atoms. The summed E-state index contributed by atoms with van der Waals surface area (Å²) in [6.07, 6.45) is 0.141. The SMILES string of the molecule is O=S(C[C@@H]1CO1)c1ccc(Cl)cc1Cl. The monoisotopic (exact) mass is 250 g/mol. The van der Waals surface area contributed by atoms with Crippen molar-refractivity contribution < 1.29 is 8.95 Å². The van der Waals surface area contributed by atoms with Crippen molar-refractivity contribution in [3.05, 3.63) is 28.2 Å². The first kappa shape index (κ1) is 10.4. The number of hydrogen-bond donors (Lipinski definition) is 0. The van der Waals surface area contributed by atoms with E-state index in [2.05, 4.69) is 0 Å². The normalized spacial score (nSPS) is 22.0. The second kappa shape index (κ2) is 4.19. The van der Waals surface area contributed by atoms with E-state index in [4.69, 9.17) is 27.9 Å². The van der Waals surface area contributed by atoms with E-state index in [0.29, 0.717) is 27.3 Å². The van der Waals surface area contributed by atoms with E-state index >= 15 is 0 Å². The molecule has 0 aromatic heterocycles. The highest BCUT2D eigenvalue weighted by molar-refractivity contribution is 7.85. The molecule has 0 bridgehead atoms. The molecular weight excluding hydrogens is 243 g/mol. The van der Waals surface area contributed by atoms with Crippen LogP contribution < -0.4 is 0 Å². The van der Waals surface area contributed by atoms with Crippen molar-refractivity contribution in [1.29, 1.82) is 0 Å². The van der Waals surface area contributed by atoms with E-state index in [1.165, 1.54) is 0 Å². The highest BCUT2D eigenvalue weighted by Crippen LogP contribution is 2.25. The molecule has 76 valence electrons. The van der Waals surface area contributed by atoms with Crippen molar-refractivity contribution in [2.45, 2.75) is 11.0 Å². The molecule has 14 heavy (non-hydrogen) atoms. The van der Waals surface area contributed by atoms with Gasteiger partial charge in [0.15, 0.2) is 0 Å². The van der Waals surface area contributed by atoms with Gasteiger partial charge < -0.3 is 4.74 Å². The van der Waals surface area contributed by atoms with Crippen LogP contribution in [0.5, 0.6) is 0 Å². The van der Waals surface area contributed by atoms with Gasteiger partial charge in [-0.2, -0.15) is 0 Å². The first-order valence-corrected chi connectivity index (χ1v) is 6.19. The fourth-order valence-corrected chi connectivity index (χ4v) is 2.96. The van der Waals surface area contributed by atoms with Gasteiger partial charge in [0, 0.05) is 5.02 Å². The summed E-state index contributed by atoms with van der Waals surface area (Å²) in [5, 5.41) is 1.01. The zero-order chi connectivity index (χ0) is 10.1. The van der Waals surface area contributed by atoms with Gasteiger partial charge in [-0.25, -0.2) is 0 Å². The van der Waals surface area contributed by atoms with Crippen molar-refractivity contribution in [2.75, 3.05) is 12.4 Å². The van der Waals surface area contributed by atoms with Crippen LogP contribution in [0.1, 0.15) is 0 Å². The Morgan fingerprint density at radius 1 is 1.50 bits per heavy atom. The quantitative estimate of drug-likeness (QED) is 0.772. The zero-order valence-electron chi connectivity index (χ0n) is 7.20. The number of ether oxygens (including phenoxy) is 1. The standard InChI is InChI=1S/C9H8Cl2O2S/c10-6-1-2-9(8(11)3-6)14(12)5-7-4-13-7/h1-3,7H,4-5H2/t7-,14?/m0/s1. The summed E-state index contributed by atoms with van der Waals surface area (Å²) in [5.74, 6) is 0.515. The van der Waals surface area contributed by atoms with Gasteiger partial charge in [-0.15, -0.1) is 0 Å². The van der Waals surface area contributed by atoms with E-state index in [9.17, 15) is 4.21 Å². The lowest BCUT2D eigenvalue weighted by Gasteiger charge is -2.02. The molecule has 2 atom stereocenters. The van der Waals surface area contributed by atoms with E-state index in [1.807, 2.05) is 0 Å². The summed E-state index contributed by atoms with van der Waals surface area (Å²) in [5.41, 5.74) is 0. The molecule has 0 N–H and O–H groups in total. The number of halogens is 2. The molecule has 0 aliphatic carbocycles. The van der Waals surface area contributed by atoms with Gasteiger partial charge >= 0.3 is 0 Å². The zero-order valence-corrected chi connectivity index (χ0v) is 9.53. The Bertz CT molecular complexity index is 377. The van der Waals surface area contributed by atoms with Crippen LogP contribution in [-0.2, 0) is 15.5 Å². The minimum absolute atomic E-state index is 0.141. The fraction of sp³-hybridized carbons (Fsp3) is 0.333. The molecule has 0 radical (unpaired) electrons. The molecule has 1 fully saturated rings. The van der Waals surface area contributed by atoms with Gasteiger partial charge in [-0.1, -0.05) is 23.2 Å². The molecule has 1 aliphatic rings. The minimum atomic E-state index is -1.09. The van der Waals surface area contributed by atoms with Crippen LogP contribution in [-0.4, -0.2) is 22.7 Å². The summed E-state index contributed by atoms with van der Waals surface area (Å²) in [6, 6.07) is 4.99. The Morgan fingerprint density at radius 3 is 2.79 bits per heavy atom. The topological polar surface area (TPSA) is 29.6 Å². The lowest BCUT2D eigenvalue weighted by Crippen LogP contribution is -2.04. The second-order valence-corrected chi connectivity index (χ2v) is 5.35. The van der Waals surface area contributed by atoms with Crippen molar-refractivity contribution >= 4 is 34.0 Å². The maximum atomic E-state index is 11.7. The summed E-state index contributed by atoms with van der Waals surface area (Å²) in [4.78, 5) is 0.631. The number of benzene rings is 1. The average molecular weight is 251 g/mol. The van der Waals surface area contributed by atoms with Gasteiger partial charge in [0.2, 0.25) is 0 Å². The number of rotatable bonds is 3. The Labute approximate surface area is 94.6 Å². The van der Waals surface area contributed by atoms with Crippen molar-refractivity contribution in [3.63, 3.8) is 0 Å². The van der Waals surface area contributed by atoms with Crippen LogP contribution in [0.15, 0.2) is 23.1 Å². The minimum Gasteiger partial charge on any atom is -0.372 e. The van der Waals surface area contributed by atoms with Crippen LogP contribution in [0.25, 0.3) is 0 Å². The molecule has 0 saturated carbocycles. The van der Waals surface area contributed by atoms with E-state index in [-0.39, 0.29) is 6.10 Å². The van der Waals surface area contributed by atoms with Crippen LogP contribution in [0.2, 0.25) is 10.0 Å². The summed E-state index contributed by atoms with van der Waals surface area (Å²) in [7, 11) is -1.09. The van der Waals surface area contributed by atoms with E-state index in [0.717, 1.165) is 0 Å². The molecule has 1 aromatic rings. The Morgan fingerprint density at radius 2 is 2.21 bits per heavy atom. The van der Waals surface area contributed by atoms with Crippen molar-refractivity contribution in [3.8, 4) is 0 Å². The lowest BCUT2D eigenvalue weighted by molar-refractivity contribution is 0.425. The van der Waals surface area contributed by atoms with Gasteiger partial charge in [0.1, 0.15) is 0 Å². The largest absolute Gasteiger partial charge is 0.372 e. The highest BCUT2D eigenvalue weighted by atomic mass is 35.5.